The van der Waals surface area contributed by atoms with Gasteiger partial charge in [-0.25, -0.2) is 4.68 Å². The summed E-state index contributed by atoms with van der Waals surface area (Å²) in [5, 5.41) is 18.3. The molecule has 8 heteroatoms. The number of fused-ring (bicyclic) bond motifs is 1. The fourth-order valence-electron chi connectivity index (χ4n) is 3.34. The van der Waals surface area contributed by atoms with Crippen molar-refractivity contribution in [3.8, 4) is 11.3 Å². The van der Waals surface area contributed by atoms with Crippen molar-refractivity contribution in [2.75, 3.05) is 11.9 Å². The van der Waals surface area contributed by atoms with Gasteiger partial charge in [0, 0.05) is 31.5 Å². The van der Waals surface area contributed by atoms with Crippen molar-refractivity contribution in [2.24, 2.45) is 13.0 Å². The molecule has 134 valence electrons. The average molecular weight is 352 g/mol. The van der Waals surface area contributed by atoms with E-state index in [4.69, 9.17) is 0 Å². The summed E-state index contributed by atoms with van der Waals surface area (Å²) in [4.78, 5) is 24.2. The first-order valence-electron chi connectivity index (χ1n) is 8.67. The van der Waals surface area contributed by atoms with Gasteiger partial charge in [-0.1, -0.05) is 30.3 Å². The number of anilines is 1. The molecule has 1 aliphatic heterocycles. The van der Waals surface area contributed by atoms with Crippen LogP contribution in [-0.2, 0) is 16.6 Å². The number of aryl methyl sites for hydroxylation is 1. The normalized spacial score (nSPS) is 17.7. The predicted octanol–water partition coefficient (Wildman–Crippen LogP) is 1.82. The zero-order valence-electron chi connectivity index (χ0n) is 14.5. The number of nitrogens with one attached hydrogen (secondary N) is 3. The first kappa shape index (κ1) is 16.3. The molecule has 0 saturated carbocycles. The Hall–Kier alpha value is -3.16. The third-order valence-electron chi connectivity index (χ3n) is 4.74. The van der Waals surface area contributed by atoms with E-state index < -0.39 is 0 Å². The highest BCUT2D eigenvalue weighted by molar-refractivity contribution is 6.05. The maximum absolute atomic E-state index is 12.7. The smallest absolute Gasteiger partial charge is 0.228 e. The number of hydrogen-bond acceptors (Lipinski definition) is 4. The molecule has 0 spiro atoms. The van der Waals surface area contributed by atoms with Gasteiger partial charge < -0.3 is 10.6 Å². The minimum atomic E-state index is -0.204. The number of carbonyl (C=O) groups excluding carboxylic acids is 2. The maximum atomic E-state index is 12.7. The number of hydrogen-bond donors (Lipinski definition) is 3. The van der Waals surface area contributed by atoms with E-state index in [0.29, 0.717) is 37.3 Å². The number of carbonyl (C=O) groups is 2. The van der Waals surface area contributed by atoms with Crippen LogP contribution in [0.1, 0.15) is 19.3 Å². The summed E-state index contributed by atoms with van der Waals surface area (Å²) in [5.74, 6) is 0.238. The average Bonchev–Trinajstić information content (AvgIpc) is 3.12. The van der Waals surface area contributed by atoms with E-state index in [9.17, 15) is 9.59 Å². The van der Waals surface area contributed by atoms with Crippen molar-refractivity contribution >= 4 is 28.7 Å². The summed E-state index contributed by atoms with van der Waals surface area (Å²) in [6, 6.07) is 9.79. The summed E-state index contributed by atoms with van der Waals surface area (Å²) in [5.41, 5.74) is 2.40. The molecule has 2 aromatic heterocycles. The molecule has 3 N–H and O–H groups in total. The van der Waals surface area contributed by atoms with Gasteiger partial charge in [0.25, 0.3) is 0 Å². The SMILES string of the molecule is Cn1nc(-c2ccccc2)c2c(NC(=O)C3CCNC(=O)CC3)[nH]nc21. The molecule has 2 amide bonds. The van der Waals surface area contributed by atoms with Crippen LogP contribution >= 0.6 is 0 Å². The lowest BCUT2D eigenvalue weighted by atomic mass is 9.99. The fourth-order valence-corrected chi connectivity index (χ4v) is 3.34. The molecule has 0 aliphatic carbocycles. The van der Waals surface area contributed by atoms with Gasteiger partial charge >= 0.3 is 0 Å². The lowest BCUT2D eigenvalue weighted by Crippen LogP contribution is -2.24. The number of aromatic amines is 1. The van der Waals surface area contributed by atoms with Crippen LogP contribution in [0.2, 0.25) is 0 Å². The second-order valence-corrected chi connectivity index (χ2v) is 6.50. The fraction of sp³-hybridized carbons (Fsp3) is 0.333. The first-order chi connectivity index (χ1) is 12.6. The van der Waals surface area contributed by atoms with Crippen molar-refractivity contribution in [1.29, 1.82) is 0 Å². The quantitative estimate of drug-likeness (QED) is 0.669. The molecule has 3 aromatic rings. The van der Waals surface area contributed by atoms with Crippen molar-refractivity contribution in [3.63, 3.8) is 0 Å². The van der Waals surface area contributed by atoms with Crippen LogP contribution in [0, 0.1) is 5.92 Å². The summed E-state index contributed by atoms with van der Waals surface area (Å²) in [7, 11) is 1.82. The van der Waals surface area contributed by atoms with E-state index in [1.165, 1.54) is 0 Å². The van der Waals surface area contributed by atoms with Crippen LogP contribution in [0.3, 0.4) is 0 Å². The van der Waals surface area contributed by atoms with Gasteiger partial charge in [0.2, 0.25) is 11.8 Å². The van der Waals surface area contributed by atoms with Crippen LogP contribution < -0.4 is 10.6 Å². The van der Waals surface area contributed by atoms with Crippen LogP contribution in [0.5, 0.6) is 0 Å². The van der Waals surface area contributed by atoms with Crippen molar-refractivity contribution < 1.29 is 9.59 Å². The van der Waals surface area contributed by atoms with E-state index in [1.54, 1.807) is 4.68 Å². The predicted molar refractivity (Wildman–Crippen MR) is 97.3 cm³/mol. The van der Waals surface area contributed by atoms with E-state index in [1.807, 2.05) is 37.4 Å². The van der Waals surface area contributed by atoms with Crippen LogP contribution in [0.15, 0.2) is 30.3 Å². The Morgan fingerprint density at radius 1 is 1.27 bits per heavy atom. The van der Waals surface area contributed by atoms with E-state index in [-0.39, 0.29) is 17.7 Å². The third kappa shape index (κ3) is 2.94. The summed E-state index contributed by atoms with van der Waals surface area (Å²) in [6.07, 6.45) is 1.56. The highest BCUT2D eigenvalue weighted by atomic mass is 16.2. The summed E-state index contributed by atoms with van der Waals surface area (Å²) < 4.78 is 1.69. The third-order valence-corrected chi connectivity index (χ3v) is 4.74. The molecular formula is C18H20N6O2. The molecule has 1 atom stereocenters. The van der Waals surface area contributed by atoms with Gasteiger partial charge in [0.15, 0.2) is 5.65 Å². The Bertz CT molecular complexity index is 959. The van der Waals surface area contributed by atoms with Crippen molar-refractivity contribution in [2.45, 2.75) is 19.3 Å². The van der Waals surface area contributed by atoms with Gasteiger partial charge in [0.1, 0.15) is 11.5 Å². The molecule has 4 rings (SSSR count). The van der Waals surface area contributed by atoms with Crippen LogP contribution in [0.25, 0.3) is 22.3 Å². The molecule has 1 unspecified atom stereocenters. The number of rotatable bonds is 3. The summed E-state index contributed by atoms with van der Waals surface area (Å²) >= 11 is 0. The van der Waals surface area contributed by atoms with Gasteiger partial charge in [-0.3, -0.25) is 14.7 Å². The van der Waals surface area contributed by atoms with Crippen LogP contribution in [-0.4, -0.2) is 38.3 Å². The largest absolute Gasteiger partial charge is 0.356 e. The molecule has 1 aromatic carbocycles. The Kier molecular flexibility index (Phi) is 4.16. The van der Waals surface area contributed by atoms with Gasteiger partial charge in [-0.2, -0.15) is 10.2 Å². The molecule has 1 aliphatic rings. The lowest BCUT2D eigenvalue weighted by molar-refractivity contribution is -0.121. The minimum Gasteiger partial charge on any atom is -0.356 e. The Balaban J connectivity index is 1.65. The minimum absolute atomic E-state index is 0.00264. The zero-order valence-corrected chi connectivity index (χ0v) is 14.5. The van der Waals surface area contributed by atoms with E-state index in [2.05, 4.69) is 25.9 Å². The maximum Gasteiger partial charge on any atom is 0.228 e. The molecule has 0 radical (unpaired) electrons. The zero-order chi connectivity index (χ0) is 18.1. The highest BCUT2D eigenvalue weighted by Crippen LogP contribution is 2.32. The number of aromatic nitrogens is 4. The molecule has 26 heavy (non-hydrogen) atoms. The Morgan fingerprint density at radius 2 is 2.08 bits per heavy atom. The molecule has 3 heterocycles. The lowest BCUT2D eigenvalue weighted by Gasteiger charge is -2.12. The van der Waals surface area contributed by atoms with Gasteiger partial charge in [0.05, 0.1) is 5.39 Å². The van der Waals surface area contributed by atoms with Gasteiger partial charge in [-0.15, -0.1) is 0 Å². The molecule has 1 fully saturated rings. The molecule has 8 nitrogen and oxygen atoms in total. The van der Waals surface area contributed by atoms with Gasteiger partial charge in [-0.05, 0) is 12.8 Å². The first-order valence-corrected chi connectivity index (χ1v) is 8.67. The second-order valence-electron chi connectivity index (χ2n) is 6.50. The second kappa shape index (κ2) is 6.62. The monoisotopic (exact) mass is 352 g/mol. The number of benzene rings is 1. The standard InChI is InChI=1S/C18H20N6O2/c1-24-17-14(15(23-24)11-5-3-2-4-6-11)16(21-22-17)20-18(26)12-7-8-13(25)19-10-9-12/h2-6,12H,7-10H2,1H3,(H,19,25)(H2,20,21,22,26). The van der Waals surface area contributed by atoms with E-state index in [0.717, 1.165) is 16.6 Å². The van der Waals surface area contributed by atoms with E-state index >= 15 is 0 Å². The Labute approximate surface area is 150 Å². The molecular weight excluding hydrogens is 332 g/mol. The highest BCUT2D eigenvalue weighted by Gasteiger charge is 2.25. The topological polar surface area (TPSA) is 105 Å². The summed E-state index contributed by atoms with van der Waals surface area (Å²) in [6.45, 7) is 0.525. The molecule has 0 bridgehead atoms. The number of amides is 2. The molecule has 1 saturated heterocycles. The number of nitrogens with zero attached hydrogens (tertiary/aromatic N) is 3. The Morgan fingerprint density at radius 3 is 2.88 bits per heavy atom. The van der Waals surface area contributed by atoms with Crippen LogP contribution in [0.4, 0.5) is 5.82 Å². The van der Waals surface area contributed by atoms with Crippen molar-refractivity contribution in [3.05, 3.63) is 30.3 Å². The number of H-pyrrole nitrogens is 1. The van der Waals surface area contributed by atoms with Crippen molar-refractivity contribution in [1.82, 2.24) is 25.3 Å².